The van der Waals surface area contributed by atoms with Gasteiger partial charge in [0.1, 0.15) is 0 Å². The van der Waals surface area contributed by atoms with Crippen molar-refractivity contribution in [3.05, 3.63) is 70.8 Å². The Balaban J connectivity index is 0.000000277. The molecule has 0 amide bonds. The zero-order valence-corrected chi connectivity index (χ0v) is 19.3. The Bertz CT molecular complexity index is 664. The highest BCUT2D eigenvalue weighted by Crippen LogP contribution is 2.23. The predicted octanol–water partition coefficient (Wildman–Crippen LogP) is 5.73. The summed E-state index contributed by atoms with van der Waals surface area (Å²) in [4.78, 5) is 0. The first-order valence-corrected chi connectivity index (χ1v) is 10.7. The van der Waals surface area contributed by atoms with E-state index in [0.717, 1.165) is 11.8 Å². The van der Waals surface area contributed by atoms with Crippen LogP contribution in [0.15, 0.2) is 48.5 Å². The predicted molar refractivity (Wildman–Crippen MR) is 122 cm³/mol. The zero-order chi connectivity index (χ0) is 20.7. The first-order chi connectivity index (χ1) is 12.5. The highest BCUT2D eigenvalue weighted by Gasteiger charge is 2.13. The van der Waals surface area contributed by atoms with Crippen LogP contribution in [0.1, 0.15) is 63.8 Å². The van der Waals surface area contributed by atoms with Gasteiger partial charge in [-0.1, -0.05) is 106 Å². The van der Waals surface area contributed by atoms with E-state index in [-0.39, 0.29) is 23.5 Å². The minimum atomic E-state index is -0.148. The van der Waals surface area contributed by atoms with Crippen molar-refractivity contribution in [2.45, 2.75) is 70.2 Å². The summed E-state index contributed by atoms with van der Waals surface area (Å²) in [7, 11) is 0. The summed E-state index contributed by atoms with van der Waals surface area (Å²) in [6, 6.07) is 17.1. The third-order valence-corrected chi connectivity index (χ3v) is 5.17. The second kappa shape index (κ2) is 10.4. The average Bonchev–Trinajstić information content (AvgIpc) is 2.61. The smallest absolute Gasteiger partial charge is 0.0585 e. The number of halogens is 1. The molecule has 0 aromatic heterocycles. The van der Waals surface area contributed by atoms with Crippen LogP contribution in [-0.4, -0.2) is 17.8 Å². The van der Waals surface area contributed by atoms with E-state index >= 15 is 0 Å². The first kappa shape index (κ1) is 23.9. The molecule has 150 valence electrons. The molecule has 0 spiro atoms. The van der Waals surface area contributed by atoms with Crippen LogP contribution in [0.25, 0.3) is 0 Å². The Morgan fingerprint density at radius 1 is 0.778 bits per heavy atom. The van der Waals surface area contributed by atoms with Crippen molar-refractivity contribution in [2.75, 3.05) is 6.61 Å². The molecule has 2 aromatic carbocycles. The standard InChI is InChI=1S/C13H21NO.C11H15Br/c1-13(2,3)11-6-4-10(5-7-11)8-12(14)9-15;1-11(2,3)10-6-4-9(8-12)5-7-10/h4-7,12,15H,8-9,14H2,1-3H3;4-7H,8H2,1-3H3. The monoisotopic (exact) mass is 433 g/mol. The molecule has 2 rings (SSSR count). The van der Waals surface area contributed by atoms with Gasteiger partial charge in [0.25, 0.3) is 0 Å². The Morgan fingerprint density at radius 3 is 1.44 bits per heavy atom. The van der Waals surface area contributed by atoms with Gasteiger partial charge in [-0.2, -0.15) is 0 Å². The molecule has 3 N–H and O–H groups in total. The molecule has 0 heterocycles. The van der Waals surface area contributed by atoms with Crippen LogP contribution < -0.4 is 5.73 Å². The molecule has 1 unspecified atom stereocenters. The van der Waals surface area contributed by atoms with E-state index in [1.54, 1.807) is 0 Å². The number of aliphatic hydroxyl groups is 1. The van der Waals surface area contributed by atoms with Crippen LogP contribution in [0.5, 0.6) is 0 Å². The SMILES string of the molecule is CC(C)(C)c1ccc(CBr)cc1.CC(C)(C)c1ccc(CC(N)CO)cc1. The van der Waals surface area contributed by atoms with Gasteiger partial charge in [-0.15, -0.1) is 0 Å². The fourth-order valence-corrected chi connectivity index (χ4v) is 2.98. The lowest BCUT2D eigenvalue weighted by Crippen LogP contribution is -2.26. The van der Waals surface area contributed by atoms with Crippen LogP contribution in [-0.2, 0) is 22.6 Å². The van der Waals surface area contributed by atoms with Crippen molar-refractivity contribution >= 4 is 15.9 Å². The number of aliphatic hydroxyl groups excluding tert-OH is 1. The maximum absolute atomic E-state index is 8.85. The van der Waals surface area contributed by atoms with Crippen LogP contribution in [0.2, 0.25) is 0 Å². The molecule has 2 aromatic rings. The van der Waals surface area contributed by atoms with Gasteiger partial charge >= 0.3 is 0 Å². The lowest BCUT2D eigenvalue weighted by molar-refractivity contribution is 0.265. The van der Waals surface area contributed by atoms with Crippen molar-refractivity contribution in [3.63, 3.8) is 0 Å². The van der Waals surface area contributed by atoms with Crippen molar-refractivity contribution < 1.29 is 5.11 Å². The van der Waals surface area contributed by atoms with E-state index in [9.17, 15) is 0 Å². The Morgan fingerprint density at radius 2 is 1.15 bits per heavy atom. The van der Waals surface area contributed by atoms with Crippen molar-refractivity contribution in [1.82, 2.24) is 0 Å². The first-order valence-electron chi connectivity index (χ1n) is 9.58. The molecule has 1 atom stereocenters. The zero-order valence-electron chi connectivity index (χ0n) is 17.7. The summed E-state index contributed by atoms with van der Waals surface area (Å²) in [5.74, 6) is 0. The fraction of sp³-hybridized carbons (Fsp3) is 0.500. The second-order valence-electron chi connectivity index (χ2n) is 9.17. The Labute approximate surface area is 174 Å². The summed E-state index contributed by atoms with van der Waals surface area (Å²) in [5, 5.41) is 9.80. The van der Waals surface area contributed by atoms with Gasteiger partial charge in [-0.25, -0.2) is 0 Å². The number of hydrogen-bond acceptors (Lipinski definition) is 2. The molecule has 3 heteroatoms. The number of nitrogens with two attached hydrogens (primary N) is 1. The van der Waals surface area contributed by atoms with Gasteiger partial charge in [0, 0.05) is 11.4 Å². The third kappa shape index (κ3) is 8.59. The molecule has 0 fully saturated rings. The highest BCUT2D eigenvalue weighted by atomic mass is 79.9. The quantitative estimate of drug-likeness (QED) is 0.604. The van der Waals surface area contributed by atoms with Crippen molar-refractivity contribution in [2.24, 2.45) is 5.73 Å². The van der Waals surface area contributed by atoms with Gasteiger partial charge < -0.3 is 10.8 Å². The molecule has 2 nitrogen and oxygen atoms in total. The molecule has 0 aliphatic heterocycles. The summed E-state index contributed by atoms with van der Waals surface area (Å²) in [6.45, 7) is 13.3. The summed E-state index contributed by atoms with van der Waals surface area (Å²) >= 11 is 3.43. The highest BCUT2D eigenvalue weighted by molar-refractivity contribution is 9.08. The van der Waals surface area contributed by atoms with Crippen molar-refractivity contribution in [3.8, 4) is 0 Å². The lowest BCUT2D eigenvalue weighted by Gasteiger charge is -2.19. The van der Waals surface area contributed by atoms with Crippen LogP contribution >= 0.6 is 15.9 Å². The van der Waals surface area contributed by atoms with E-state index in [4.69, 9.17) is 10.8 Å². The molecule has 27 heavy (non-hydrogen) atoms. The van der Waals surface area contributed by atoms with Crippen LogP contribution in [0.4, 0.5) is 0 Å². The number of alkyl halides is 1. The fourth-order valence-electron chi connectivity index (χ4n) is 2.60. The Kier molecular flexibility index (Phi) is 9.20. The lowest BCUT2D eigenvalue weighted by atomic mass is 9.86. The van der Waals surface area contributed by atoms with Gasteiger partial charge in [-0.3, -0.25) is 0 Å². The maximum atomic E-state index is 8.85. The van der Waals surface area contributed by atoms with E-state index in [1.807, 2.05) is 0 Å². The topological polar surface area (TPSA) is 46.2 Å². The number of benzene rings is 2. The largest absolute Gasteiger partial charge is 0.395 e. The van der Waals surface area contributed by atoms with E-state index in [2.05, 4.69) is 106 Å². The van der Waals surface area contributed by atoms with Gasteiger partial charge in [0.2, 0.25) is 0 Å². The second-order valence-corrected chi connectivity index (χ2v) is 9.73. The van der Waals surface area contributed by atoms with Crippen LogP contribution in [0.3, 0.4) is 0 Å². The molecule has 0 saturated heterocycles. The van der Waals surface area contributed by atoms with Gasteiger partial charge in [0.05, 0.1) is 6.61 Å². The summed E-state index contributed by atoms with van der Waals surface area (Å²) in [6.07, 6.45) is 0.737. The van der Waals surface area contributed by atoms with Gasteiger partial charge in [0.15, 0.2) is 0 Å². The summed E-state index contributed by atoms with van der Waals surface area (Å²) in [5.41, 5.74) is 11.4. The summed E-state index contributed by atoms with van der Waals surface area (Å²) < 4.78 is 0. The number of rotatable bonds is 4. The Hall–Kier alpha value is -1.16. The average molecular weight is 434 g/mol. The third-order valence-electron chi connectivity index (χ3n) is 4.53. The van der Waals surface area contributed by atoms with E-state index in [1.165, 1.54) is 22.3 Å². The maximum Gasteiger partial charge on any atom is 0.0585 e. The van der Waals surface area contributed by atoms with E-state index in [0.29, 0.717) is 0 Å². The molecule has 0 bridgehead atoms. The van der Waals surface area contributed by atoms with Crippen molar-refractivity contribution in [1.29, 1.82) is 0 Å². The normalized spacial score (nSPS) is 12.9. The molecular weight excluding hydrogens is 398 g/mol. The minimum Gasteiger partial charge on any atom is -0.395 e. The van der Waals surface area contributed by atoms with E-state index < -0.39 is 0 Å². The molecular formula is C24H36BrNO. The minimum absolute atomic E-state index is 0.0427. The molecule has 0 aliphatic carbocycles. The van der Waals surface area contributed by atoms with Gasteiger partial charge in [-0.05, 0) is 39.5 Å². The molecule has 0 aliphatic rings. The molecule has 0 radical (unpaired) electrons. The van der Waals surface area contributed by atoms with Crippen LogP contribution in [0, 0.1) is 0 Å². The molecule has 0 saturated carbocycles. The number of hydrogen-bond donors (Lipinski definition) is 2.